The highest BCUT2D eigenvalue weighted by Crippen LogP contribution is 2.48. The van der Waals surface area contributed by atoms with Crippen molar-refractivity contribution < 1.29 is 19.1 Å². The fourth-order valence-electron chi connectivity index (χ4n) is 20.9. The number of carbonyl (C=O) groups is 2. The maximum Gasteiger partial charge on any atom is 0.266 e. The molecular weight excluding hydrogens is 1760 g/mol. The highest BCUT2D eigenvalue weighted by atomic mass is 32.2. The summed E-state index contributed by atoms with van der Waals surface area (Å²) in [5.74, 6) is 33.4. The Kier molecular flexibility index (Phi) is 37.4. The number of fused-ring (bicyclic) bond motifs is 10. The van der Waals surface area contributed by atoms with Gasteiger partial charge in [-0.25, -0.2) is 0 Å². The van der Waals surface area contributed by atoms with Gasteiger partial charge in [-0.1, -0.05) is 449 Å². The number of carbonyl (C=O) groups excluding carboxylic acids is 2. The first-order valence-corrected chi connectivity index (χ1v) is 54.9. The van der Waals surface area contributed by atoms with Crippen molar-refractivity contribution in [1.82, 2.24) is 9.80 Å². The number of likely N-dealkylation sites (N-methyl/N-ethyl adjacent to an activating group) is 2. The summed E-state index contributed by atoms with van der Waals surface area (Å²) in [5.41, 5.74) is 24.8. The topological polar surface area (TPSA) is 59.1 Å². The van der Waals surface area contributed by atoms with Crippen molar-refractivity contribution in [2.24, 2.45) is 11.8 Å². The number of allylic oxidation sites excluding steroid dienone is 22. The molecule has 15 rings (SSSR count). The van der Waals surface area contributed by atoms with E-state index in [9.17, 15) is 9.59 Å². The molecule has 8 aromatic rings. The zero-order chi connectivity index (χ0) is 96.2. The van der Waals surface area contributed by atoms with Crippen molar-refractivity contribution in [2.75, 3.05) is 26.3 Å². The Labute approximate surface area is 844 Å². The lowest BCUT2D eigenvalue weighted by Gasteiger charge is -2.25. The second kappa shape index (κ2) is 50.8. The molecule has 2 saturated heterocycles. The van der Waals surface area contributed by atoms with E-state index in [1.165, 1.54) is 208 Å². The number of aryl methyl sites for hydroxylation is 2. The monoisotopic (exact) mass is 1900 g/mol. The number of hydrogen-bond acceptors (Lipinski definition) is 8. The molecule has 2 unspecified atom stereocenters. The molecule has 0 spiro atoms. The van der Waals surface area contributed by atoms with Crippen LogP contribution in [0.2, 0.25) is 0 Å². The van der Waals surface area contributed by atoms with E-state index in [1.807, 2.05) is 26.0 Å². The first-order valence-electron chi connectivity index (χ1n) is 52.5. The average Bonchev–Trinajstić information content (AvgIpc) is 1.03. The van der Waals surface area contributed by atoms with Crippen LogP contribution in [0.15, 0.2) is 259 Å². The number of rotatable bonds is 42. The summed E-state index contributed by atoms with van der Waals surface area (Å²) >= 11 is 14.1. The van der Waals surface area contributed by atoms with Gasteiger partial charge in [0.15, 0.2) is 0 Å². The summed E-state index contributed by atoms with van der Waals surface area (Å²) in [7, 11) is 0. The van der Waals surface area contributed by atoms with E-state index in [2.05, 4.69) is 285 Å². The zero-order valence-electron chi connectivity index (χ0n) is 83.7. The molecule has 2 amide bonds. The molecule has 2 heterocycles. The van der Waals surface area contributed by atoms with Gasteiger partial charge in [-0.3, -0.25) is 19.4 Å². The fourth-order valence-corrected chi connectivity index (χ4v) is 23.6. The molecule has 5 aliphatic carbocycles. The molecule has 6 nitrogen and oxygen atoms in total. The Morgan fingerprint density at radius 2 is 0.754 bits per heavy atom. The normalized spacial score (nSPS) is 16.1. The molecule has 0 radical (unpaired) electrons. The summed E-state index contributed by atoms with van der Waals surface area (Å²) in [6.45, 7) is 24.1. The van der Waals surface area contributed by atoms with Crippen LogP contribution in [0.25, 0.3) is 55.2 Å². The quantitative estimate of drug-likeness (QED) is 0.0123. The Morgan fingerprint density at radius 3 is 1.23 bits per heavy atom. The van der Waals surface area contributed by atoms with Crippen LogP contribution in [0, 0.1) is 73.0 Å². The molecule has 710 valence electrons. The van der Waals surface area contributed by atoms with Crippen LogP contribution in [0.5, 0.6) is 11.5 Å². The number of thiocarbonyl (C=S) groups is 2. The van der Waals surface area contributed by atoms with Crippen molar-refractivity contribution in [1.29, 1.82) is 0 Å². The van der Waals surface area contributed by atoms with Gasteiger partial charge in [-0.05, 0) is 255 Å². The summed E-state index contributed by atoms with van der Waals surface area (Å²) in [4.78, 5) is 31.8. The van der Waals surface area contributed by atoms with E-state index in [-0.39, 0.29) is 11.8 Å². The summed E-state index contributed by atoms with van der Waals surface area (Å²) in [5, 5.41) is 8.49. The van der Waals surface area contributed by atoms with E-state index in [0.29, 0.717) is 68.1 Å². The molecule has 0 N–H and O–H groups in total. The SMILES string of the molecule is CCCCCCCCC(CCCCCC)C1=C2C=CC(=C2)C(C#Cc2c3ccccc3c(C#Cc3cc(C)c(/C=C4\SC(=S)N(CC)C4=O)cc3OCCCCCC)c3ccccc23)=C2C=CC(=C(C(CCCCCC)CCCCCCCC)C3=CC(=C(C#Cc4c5ccccc5c(C#Cc5cc(OCCCCCC)c(/C=C6\SC(=S)N(CC)C6=O)cc5C)c5ccccc45)C4=CC=C1C4)C=C3)C2. The number of ether oxygens (including phenoxy) is 2. The van der Waals surface area contributed by atoms with Crippen LogP contribution in [-0.2, 0) is 9.59 Å². The van der Waals surface area contributed by atoms with Gasteiger partial charge in [-0.2, -0.15) is 0 Å². The van der Waals surface area contributed by atoms with Gasteiger partial charge in [0.2, 0.25) is 0 Å². The standard InChI is InChI=1S/C128H140N2O4S4/c1-11-19-25-31-33-37-51-91(49-35-27-21-13-3)123-99-65-61-94(81-99)105(73-75-117-111-57-43-39-53-107(111)115(108-54-40-44-58-112(108)117)71-69-93-85-120(134-78-48-30-24-16-6)104(80-89(93)9)88-122-126(132)130(18-8)128(136)138-122)95-62-66-100(82-95)124(92(50-36-28-22-14-4)52-38-34-32-26-20-12-2)102-68-64-97(84-102)106(96-63-67-101(123)83-96)74-76-118-113-59-45-41-55-109(113)116(110-56-42-46-60-114(110)118)72-70-98-79-90(10)103(86-119(98)133-77-47-29-23-15-5)87-121-125(131)129(17-7)127(135)137-121/h39-46,53-68,79-81,84-88,91-92H,11-38,47-52,77-78,82-83H2,1-10H3/b105-94?,105-95?,106-96?,106-97?,121-87-,122-88-,123-99?,123-101?,124-100?,124-102?. The fraction of sp³-hybridized carbons (Fsp3) is 0.391. The number of thioether (sulfide) groups is 2. The highest BCUT2D eigenvalue weighted by molar-refractivity contribution is 8.27. The van der Waals surface area contributed by atoms with Crippen molar-refractivity contribution in [2.45, 2.75) is 288 Å². The lowest BCUT2D eigenvalue weighted by atomic mass is 9.80. The van der Waals surface area contributed by atoms with E-state index >= 15 is 0 Å². The van der Waals surface area contributed by atoms with Crippen molar-refractivity contribution in [3.63, 3.8) is 0 Å². The Morgan fingerprint density at radius 1 is 0.362 bits per heavy atom. The molecule has 0 saturated carbocycles. The number of unbranched alkanes of at least 4 members (excludes halogenated alkanes) is 22. The minimum atomic E-state index is -0.0668. The predicted octanol–water partition coefficient (Wildman–Crippen LogP) is 34.6. The van der Waals surface area contributed by atoms with Gasteiger partial charge < -0.3 is 9.47 Å². The molecule has 2 atom stereocenters. The molecule has 0 aromatic heterocycles. The molecule has 138 heavy (non-hydrogen) atoms. The number of benzene rings is 8. The molecule has 2 aliphatic heterocycles. The largest absolute Gasteiger partial charge is 0.493 e. The van der Waals surface area contributed by atoms with E-state index in [0.717, 1.165) is 200 Å². The second-order valence-electron chi connectivity index (χ2n) is 38.4. The summed E-state index contributed by atoms with van der Waals surface area (Å²) in [6.07, 6.45) is 68.2. The van der Waals surface area contributed by atoms with Crippen molar-refractivity contribution >= 4 is 124 Å². The third-order valence-corrected chi connectivity index (χ3v) is 31.3. The minimum Gasteiger partial charge on any atom is -0.493 e. The second-order valence-corrected chi connectivity index (χ2v) is 41.8. The molecule has 2 fully saturated rings. The maximum atomic E-state index is 13.7. The van der Waals surface area contributed by atoms with Crippen LogP contribution in [0.4, 0.5) is 0 Å². The van der Waals surface area contributed by atoms with Crippen LogP contribution < -0.4 is 9.47 Å². The first-order chi connectivity index (χ1) is 67.6. The summed E-state index contributed by atoms with van der Waals surface area (Å²) in [6, 6.07) is 43.5. The van der Waals surface area contributed by atoms with Crippen LogP contribution in [0.1, 0.15) is 329 Å². The molecular formula is C128H140N2O4S4. The lowest BCUT2D eigenvalue weighted by molar-refractivity contribution is -0.122. The van der Waals surface area contributed by atoms with Gasteiger partial charge in [-0.15, -0.1) is 0 Å². The number of nitrogens with zero attached hydrogens (tertiary/aromatic N) is 2. The van der Waals surface area contributed by atoms with Crippen LogP contribution in [0.3, 0.4) is 0 Å². The third kappa shape index (κ3) is 24.7. The maximum absolute atomic E-state index is 13.7. The van der Waals surface area contributed by atoms with Crippen LogP contribution >= 0.6 is 48.0 Å². The Hall–Kier alpha value is -10.9. The van der Waals surface area contributed by atoms with Gasteiger partial charge in [0.25, 0.3) is 11.8 Å². The summed E-state index contributed by atoms with van der Waals surface area (Å²) < 4.78 is 14.6. The van der Waals surface area contributed by atoms with E-state index in [1.54, 1.807) is 9.80 Å². The molecule has 7 aliphatic rings. The van der Waals surface area contributed by atoms with Gasteiger partial charge >= 0.3 is 0 Å². The first kappa shape index (κ1) is 101. The van der Waals surface area contributed by atoms with Crippen molar-refractivity contribution in [3.8, 4) is 58.9 Å². The molecule has 8 bridgehead atoms. The van der Waals surface area contributed by atoms with E-state index < -0.39 is 0 Å². The average molecular weight is 1900 g/mol. The number of hydrogen-bond donors (Lipinski definition) is 0. The van der Waals surface area contributed by atoms with Gasteiger partial charge in [0.05, 0.1) is 28.6 Å². The smallest absolute Gasteiger partial charge is 0.266 e. The zero-order valence-corrected chi connectivity index (χ0v) is 86.9. The minimum absolute atomic E-state index is 0.0576. The predicted molar refractivity (Wildman–Crippen MR) is 599 cm³/mol. The third-order valence-electron chi connectivity index (χ3n) is 28.5. The van der Waals surface area contributed by atoms with Crippen molar-refractivity contribution in [3.05, 3.63) is 314 Å². The molecule has 10 heteroatoms. The molecule has 8 aromatic carbocycles. The Balaban J connectivity index is 0.892. The lowest BCUT2D eigenvalue weighted by Crippen LogP contribution is -2.27. The van der Waals surface area contributed by atoms with E-state index in [4.69, 9.17) is 33.9 Å². The van der Waals surface area contributed by atoms with Gasteiger partial charge in [0, 0.05) is 57.6 Å². The Bertz CT molecular complexity index is 6560. The van der Waals surface area contributed by atoms with Crippen LogP contribution in [-0.4, -0.2) is 56.6 Å². The number of amides is 2. The highest BCUT2D eigenvalue weighted by Gasteiger charge is 2.35. The van der Waals surface area contributed by atoms with Gasteiger partial charge in [0.1, 0.15) is 20.1 Å².